The first-order chi connectivity index (χ1) is 6.18. The van der Waals surface area contributed by atoms with Gasteiger partial charge in [-0.1, -0.05) is 6.58 Å². The van der Waals surface area contributed by atoms with Gasteiger partial charge in [-0.3, -0.25) is 4.98 Å². The summed E-state index contributed by atoms with van der Waals surface area (Å²) in [4.78, 5) is 14.2. The summed E-state index contributed by atoms with van der Waals surface area (Å²) in [5.74, 6) is 0.332. The van der Waals surface area contributed by atoms with E-state index in [1.807, 2.05) is 12.1 Å². The molecule has 13 heavy (non-hydrogen) atoms. The molecule has 1 rings (SSSR count). The van der Waals surface area contributed by atoms with Gasteiger partial charge >= 0.3 is 6.09 Å². The number of allylic oxidation sites excluding steroid dienone is 1. The zero-order chi connectivity index (χ0) is 9.68. The highest BCUT2D eigenvalue weighted by molar-refractivity contribution is 5.65. The van der Waals surface area contributed by atoms with Crippen molar-refractivity contribution in [2.24, 2.45) is 5.73 Å². The molecule has 0 atom stereocenters. The number of carbonyl (C=O) groups is 1. The summed E-state index contributed by atoms with van der Waals surface area (Å²) >= 11 is 0. The summed E-state index contributed by atoms with van der Waals surface area (Å²) in [7, 11) is 0. The SMILES string of the molecule is C=C(Cc1ccncc1)OC(N)=O. The second kappa shape index (κ2) is 4.25. The second-order valence-electron chi connectivity index (χ2n) is 2.49. The molecule has 68 valence electrons. The Morgan fingerprint density at radius 3 is 2.69 bits per heavy atom. The van der Waals surface area contributed by atoms with Gasteiger partial charge in [-0.2, -0.15) is 0 Å². The summed E-state index contributed by atoms with van der Waals surface area (Å²) in [5, 5.41) is 0. The smallest absolute Gasteiger partial charge is 0.409 e. The number of nitrogens with zero attached hydrogens (tertiary/aromatic N) is 1. The number of rotatable bonds is 3. The van der Waals surface area contributed by atoms with Crippen LogP contribution in [0, 0.1) is 0 Å². The lowest BCUT2D eigenvalue weighted by Crippen LogP contribution is -2.13. The van der Waals surface area contributed by atoms with E-state index in [1.54, 1.807) is 12.4 Å². The standard InChI is InChI=1S/C9H10N2O2/c1-7(13-9(10)12)6-8-2-4-11-5-3-8/h2-5H,1,6H2,(H2,10,12). The number of amides is 1. The molecule has 0 radical (unpaired) electrons. The van der Waals surface area contributed by atoms with Gasteiger partial charge in [-0.15, -0.1) is 0 Å². The Labute approximate surface area is 76.0 Å². The van der Waals surface area contributed by atoms with Crippen molar-refractivity contribution in [2.45, 2.75) is 6.42 Å². The molecule has 4 nitrogen and oxygen atoms in total. The molecular formula is C9H10N2O2. The van der Waals surface area contributed by atoms with E-state index in [0.29, 0.717) is 12.2 Å². The highest BCUT2D eigenvalue weighted by atomic mass is 16.5. The van der Waals surface area contributed by atoms with Gasteiger partial charge in [0.25, 0.3) is 0 Å². The van der Waals surface area contributed by atoms with Gasteiger partial charge < -0.3 is 10.5 Å². The van der Waals surface area contributed by atoms with Gasteiger partial charge in [0.1, 0.15) is 5.76 Å². The third-order valence-electron chi connectivity index (χ3n) is 1.40. The Kier molecular flexibility index (Phi) is 3.03. The molecule has 1 heterocycles. The van der Waals surface area contributed by atoms with Gasteiger partial charge in [0.15, 0.2) is 0 Å². The van der Waals surface area contributed by atoms with Crippen LogP contribution in [0.3, 0.4) is 0 Å². The van der Waals surface area contributed by atoms with Crippen LogP contribution < -0.4 is 5.73 Å². The van der Waals surface area contributed by atoms with Crippen molar-refractivity contribution >= 4 is 6.09 Å². The highest BCUT2D eigenvalue weighted by Gasteiger charge is 2.00. The molecule has 1 amide bonds. The summed E-state index contributed by atoms with van der Waals surface area (Å²) in [6, 6.07) is 3.63. The fourth-order valence-electron chi connectivity index (χ4n) is 0.907. The van der Waals surface area contributed by atoms with E-state index in [9.17, 15) is 4.79 Å². The van der Waals surface area contributed by atoms with E-state index < -0.39 is 6.09 Å². The Morgan fingerprint density at radius 2 is 2.15 bits per heavy atom. The van der Waals surface area contributed by atoms with Gasteiger partial charge in [-0.05, 0) is 17.7 Å². The lowest BCUT2D eigenvalue weighted by molar-refractivity contribution is 0.185. The average molecular weight is 178 g/mol. The monoisotopic (exact) mass is 178 g/mol. The number of carbonyl (C=O) groups excluding carboxylic acids is 1. The largest absolute Gasteiger partial charge is 0.415 e. The maximum absolute atomic E-state index is 10.3. The zero-order valence-corrected chi connectivity index (χ0v) is 7.06. The van der Waals surface area contributed by atoms with Crippen LogP contribution in [0.15, 0.2) is 36.9 Å². The van der Waals surface area contributed by atoms with E-state index in [0.717, 1.165) is 5.56 Å². The fraction of sp³-hybridized carbons (Fsp3) is 0.111. The number of primary amides is 1. The van der Waals surface area contributed by atoms with Crippen molar-refractivity contribution in [3.05, 3.63) is 42.4 Å². The normalized spacial score (nSPS) is 9.23. The van der Waals surface area contributed by atoms with E-state index >= 15 is 0 Å². The maximum atomic E-state index is 10.3. The van der Waals surface area contributed by atoms with Gasteiger partial charge in [-0.25, -0.2) is 4.79 Å². The van der Waals surface area contributed by atoms with Crippen LogP contribution in [0.1, 0.15) is 5.56 Å². The summed E-state index contributed by atoms with van der Waals surface area (Å²) in [6.07, 6.45) is 2.95. The molecule has 0 aliphatic rings. The van der Waals surface area contributed by atoms with Crippen LogP contribution >= 0.6 is 0 Å². The topological polar surface area (TPSA) is 65.2 Å². The van der Waals surface area contributed by atoms with Crippen LogP contribution in [0.4, 0.5) is 4.79 Å². The molecule has 0 saturated carbocycles. The van der Waals surface area contributed by atoms with Gasteiger partial charge in [0.2, 0.25) is 0 Å². The molecule has 0 fully saturated rings. The summed E-state index contributed by atoms with van der Waals surface area (Å²) < 4.78 is 4.58. The first-order valence-corrected chi connectivity index (χ1v) is 3.72. The minimum atomic E-state index is -0.834. The lowest BCUT2D eigenvalue weighted by atomic mass is 10.2. The molecule has 0 saturated heterocycles. The Morgan fingerprint density at radius 1 is 1.54 bits per heavy atom. The molecule has 0 aliphatic heterocycles. The van der Waals surface area contributed by atoms with E-state index in [4.69, 9.17) is 5.73 Å². The van der Waals surface area contributed by atoms with E-state index in [2.05, 4.69) is 16.3 Å². The Hall–Kier alpha value is -1.84. The first kappa shape index (κ1) is 9.25. The molecule has 1 aromatic rings. The summed E-state index contributed by atoms with van der Waals surface area (Å²) in [6.45, 7) is 3.55. The fourth-order valence-corrected chi connectivity index (χ4v) is 0.907. The quantitative estimate of drug-likeness (QED) is 0.708. The minimum Gasteiger partial charge on any atom is -0.415 e. The van der Waals surface area contributed by atoms with Crippen LogP contribution in [0.2, 0.25) is 0 Å². The summed E-state index contributed by atoms with van der Waals surface area (Å²) in [5.41, 5.74) is 5.79. The van der Waals surface area contributed by atoms with Gasteiger partial charge in [0, 0.05) is 18.8 Å². The molecule has 1 aromatic heterocycles. The zero-order valence-electron chi connectivity index (χ0n) is 7.06. The molecular weight excluding hydrogens is 168 g/mol. The van der Waals surface area contributed by atoms with Crippen molar-refractivity contribution < 1.29 is 9.53 Å². The molecule has 0 unspecified atom stereocenters. The minimum absolute atomic E-state index is 0.332. The third kappa shape index (κ3) is 3.37. The number of ether oxygens (including phenoxy) is 1. The Balaban J connectivity index is 2.50. The van der Waals surface area contributed by atoms with Gasteiger partial charge in [0.05, 0.1) is 0 Å². The van der Waals surface area contributed by atoms with Crippen LogP contribution in [-0.2, 0) is 11.2 Å². The van der Waals surface area contributed by atoms with Crippen molar-refractivity contribution in [2.75, 3.05) is 0 Å². The highest BCUT2D eigenvalue weighted by Crippen LogP contribution is 2.05. The third-order valence-corrected chi connectivity index (χ3v) is 1.40. The predicted molar refractivity (Wildman–Crippen MR) is 47.7 cm³/mol. The number of nitrogens with two attached hydrogens (primary N) is 1. The maximum Gasteiger partial charge on any atom is 0.409 e. The van der Waals surface area contributed by atoms with Crippen molar-refractivity contribution in [1.29, 1.82) is 0 Å². The van der Waals surface area contributed by atoms with Crippen LogP contribution in [-0.4, -0.2) is 11.1 Å². The number of aromatic nitrogens is 1. The van der Waals surface area contributed by atoms with Crippen molar-refractivity contribution in [1.82, 2.24) is 4.98 Å². The Bertz CT molecular complexity index is 309. The lowest BCUT2D eigenvalue weighted by Gasteiger charge is -2.03. The van der Waals surface area contributed by atoms with Crippen molar-refractivity contribution in [3.8, 4) is 0 Å². The first-order valence-electron chi connectivity index (χ1n) is 3.72. The predicted octanol–water partition coefficient (Wildman–Crippen LogP) is 1.23. The molecule has 0 aliphatic carbocycles. The molecule has 4 heteroatoms. The van der Waals surface area contributed by atoms with E-state index in [-0.39, 0.29) is 0 Å². The molecule has 0 aromatic carbocycles. The number of hydrogen-bond acceptors (Lipinski definition) is 3. The molecule has 0 bridgehead atoms. The van der Waals surface area contributed by atoms with Crippen LogP contribution in [0.5, 0.6) is 0 Å². The van der Waals surface area contributed by atoms with E-state index in [1.165, 1.54) is 0 Å². The number of hydrogen-bond donors (Lipinski definition) is 1. The molecule has 0 spiro atoms. The average Bonchev–Trinajstić information content (AvgIpc) is 2.04. The number of pyridine rings is 1. The second-order valence-corrected chi connectivity index (χ2v) is 2.49. The van der Waals surface area contributed by atoms with Crippen molar-refractivity contribution in [3.63, 3.8) is 0 Å². The molecule has 2 N–H and O–H groups in total. The van der Waals surface area contributed by atoms with Crippen LogP contribution in [0.25, 0.3) is 0 Å².